The third-order valence-electron chi connectivity index (χ3n) is 2.23. The zero-order chi connectivity index (χ0) is 13.8. The molecule has 0 aliphatic carbocycles. The summed E-state index contributed by atoms with van der Waals surface area (Å²) < 4.78 is 0. The van der Waals surface area contributed by atoms with Crippen LogP contribution in [0.3, 0.4) is 0 Å². The van der Waals surface area contributed by atoms with E-state index in [1.165, 1.54) is 17.4 Å². The van der Waals surface area contributed by atoms with Crippen LogP contribution in [0.4, 0.5) is 0 Å². The number of nitrogens with one attached hydrogen (secondary N) is 1. The average Bonchev–Trinajstić information content (AvgIpc) is 3.05. The molecule has 0 spiro atoms. The van der Waals surface area contributed by atoms with Crippen molar-refractivity contribution in [2.24, 2.45) is 5.10 Å². The molecule has 0 bridgehead atoms. The van der Waals surface area contributed by atoms with Crippen LogP contribution in [0.15, 0.2) is 34.7 Å². The third kappa shape index (κ3) is 3.27. The minimum absolute atomic E-state index is 0.133. The molecule has 98 valence electrons. The van der Waals surface area contributed by atoms with Gasteiger partial charge < -0.3 is 9.90 Å². The number of hydrogen-bond donors (Lipinski definition) is 1. The molecule has 0 aromatic carbocycles. The molecule has 1 amide bonds. The van der Waals surface area contributed by atoms with E-state index in [-0.39, 0.29) is 10.8 Å². The molecule has 0 saturated carbocycles. The minimum Gasteiger partial charge on any atom is -0.544 e. The number of aromatic carboxylic acids is 1. The van der Waals surface area contributed by atoms with Gasteiger partial charge in [-0.3, -0.25) is 4.79 Å². The van der Waals surface area contributed by atoms with Gasteiger partial charge in [0.25, 0.3) is 5.91 Å². The molecule has 2 aromatic heterocycles. The van der Waals surface area contributed by atoms with E-state index >= 15 is 0 Å². The van der Waals surface area contributed by atoms with Gasteiger partial charge in [-0.1, -0.05) is 6.07 Å². The van der Waals surface area contributed by atoms with Crippen molar-refractivity contribution < 1.29 is 14.7 Å². The summed E-state index contributed by atoms with van der Waals surface area (Å²) in [5, 5.41) is 16.4. The van der Waals surface area contributed by atoms with E-state index in [2.05, 4.69) is 10.5 Å². The van der Waals surface area contributed by atoms with E-state index in [0.29, 0.717) is 15.5 Å². The van der Waals surface area contributed by atoms with Crippen LogP contribution in [0.1, 0.15) is 31.1 Å². The highest BCUT2D eigenvalue weighted by Crippen LogP contribution is 2.16. The van der Waals surface area contributed by atoms with Gasteiger partial charge in [-0.25, -0.2) is 5.43 Å². The molecule has 0 aliphatic rings. The smallest absolute Gasteiger partial charge is 0.281 e. The number of rotatable bonds is 4. The molecule has 0 saturated heterocycles. The van der Waals surface area contributed by atoms with Crippen LogP contribution in [-0.2, 0) is 0 Å². The number of carboxylic acids is 1. The summed E-state index contributed by atoms with van der Waals surface area (Å²) in [6, 6.07) is 6.56. The summed E-state index contributed by atoms with van der Waals surface area (Å²) in [7, 11) is 0. The normalized spacial score (nSPS) is 11.3. The lowest BCUT2D eigenvalue weighted by atomic mass is 10.3. The molecule has 0 fully saturated rings. The number of hydrogen-bond acceptors (Lipinski definition) is 6. The maximum atomic E-state index is 11.6. The number of thiophene rings is 2. The second kappa shape index (κ2) is 5.77. The van der Waals surface area contributed by atoms with Crippen LogP contribution in [0.5, 0.6) is 0 Å². The Hall–Kier alpha value is -1.99. The van der Waals surface area contributed by atoms with Crippen LogP contribution in [0.2, 0.25) is 0 Å². The van der Waals surface area contributed by atoms with Crippen LogP contribution in [0, 0.1) is 0 Å². The molecule has 0 radical (unpaired) electrons. The highest BCUT2D eigenvalue weighted by Gasteiger charge is 2.07. The first-order valence-electron chi connectivity index (χ1n) is 5.27. The summed E-state index contributed by atoms with van der Waals surface area (Å²) in [5.41, 5.74) is 2.97. The van der Waals surface area contributed by atoms with Gasteiger partial charge in [-0.05, 0) is 30.5 Å². The van der Waals surface area contributed by atoms with Crippen LogP contribution in [0.25, 0.3) is 0 Å². The predicted octanol–water partition coefficient (Wildman–Crippen LogP) is 1.33. The fourth-order valence-electron chi connectivity index (χ4n) is 1.29. The van der Waals surface area contributed by atoms with Gasteiger partial charge in [-0.15, -0.1) is 22.7 Å². The lowest BCUT2D eigenvalue weighted by Gasteiger charge is -1.99. The van der Waals surface area contributed by atoms with Crippen molar-refractivity contribution in [3.63, 3.8) is 0 Å². The molecule has 0 atom stereocenters. The number of carbonyl (C=O) groups is 2. The summed E-state index contributed by atoms with van der Waals surface area (Å²) in [4.78, 5) is 23.7. The molecule has 2 rings (SSSR count). The maximum absolute atomic E-state index is 11.6. The number of amides is 1. The van der Waals surface area contributed by atoms with Gasteiger partial charge in [0.1, 0.15) is 0 Å². The first-order chi connectivity index (χ1) is 9.08. The fraction of sp³-hybridized carbons (Fsp3) is 0.0833. The molecule has 1 N–H and O–H groups in total. The fourth-order valence-corrected chi connectivity index (χ4v) is 2.69. The van der Waals surface area contributed by atoms with Gasteiger partial charge in [0.15, 0.2) is 0 Å². The topological polar surface area (TPSA) is 81.6 Å². The van der Waals surface area contributed by atoms with Gasteiger partial charge in [-0.2, -0.15) is 5.10 Å². The summed E-state index contributed by atoms with van der Waals surface area (Å²) in [6.07, 6.45) is 0. The number of nitrogens with zero attached hydrogens (tertiary/aromatic N) is 1. The van der Waals surface area contributed by atoms with Crippen molar-refractivity contribution in [2.45, 2.75) is 6.92 Å². The standard InChI is InChI=1S/C12H10N2O3S2/c1-7(8-4-5-10(19-8)12(16)17)13-14-11(15)9-3-2-6-18-9/h2-6H,1H3,(H,14,15)(H,16,17)/p-1/b13-7+. The van der Waals surface area contributed by atoms with Crippen molar-refractivity contribution in [1.82, 2.24) is 5.43 Å². The van der Waals surface area contributed by atoms with E-state index in [1.807, 2.05) is 0 Å². The SMILES string of the molecule is C/C(=N\NC(=O)c1cccs1)c1ccc(C(=O)[O-])s1. The zero-order valence-corrected chi connectivity index (χ0v) is 11.5. The Morgan fingerprint density at radius 2 is 1.95 bits per heavy atom. The zero-order valence-electron chi connectivity index (χ0n) is 9.88. The first kappa shape index (κ1) is 13.4. The van der Waals surface area contributed by atoms with Crippen molar-refractivity contribution in [2.75, 3.05) is 0 Å². The van der Waals surface area contributed by atoms with E-state index in [9.17, 15) is 14.7 Å². The quantitative estimate of drug-likeness (QED) is 0.682. The molecular weight excluding hydrogens is 284 g/mol. The van der Waals surface area contributed by atoms with E-state index < -0.39 is 5.97 Å². The maximum Gasteiger partial charge on any atom is 0.281 e. The van der Waals surface area contributed by atoms with Crippen molar-refractivity contribution in [1.29, 1.82) is 0 Å². The summed E-state index contributed by atoms with van der Waals surface area (Å²) in [5.74, 6) is -1.50. The van der Waals surface area contributed by atoms with Crippen molar-refractivity contribution in [3.8, 4) is 0 Å². The van der Waals surface area contributed by atoms with E-state index in [1.54, 1.807) is 30.5 Å². The van der Waals surface area contributed by atoms with Crippen molar-refractivity contribution >= 4 is 40.3 Å². The van der Waals surface area contributed by atoms with Crippen LogP contribution < -0.4 is 10.5 Å². The monoisotopic (exact) mass is 293 g/mol. The molecular formula is C12H9N2O3S2-. The molecule has 7 heteroatoms. The highest BCUT2D eigenvalue weighted by molar-refractivity contribution is 7.15. The lowest BCUT2D eigenvalue weighted by Crippen LogP contribution is -2.20. The second-order valence-corrected chi connectivity index (χ2v) is 5.60. The van der Waals surface area contributed by atoms with Gasteiger partial charge in [0.05, 0.1) is 26.3 Å². The van der Waals surface area contributed by atoms with E-state index in [0.717, 1.165) is 11.3 Å². The van der Waals surface area contributed by atoms with E-state index in [4.69, 9.17) is 0 Å². The predicted molar refractivity (Wildman–Crippen MR) is 72.6 cm³/mol. The Labute approximate surface area is 117 Å². The Kier molecular flexibility index (Phi) is 4.08. The van der Waals surface area contributed by atoms with Gasteiger partial charge >= 0.3 is 0 Å². The Balaban J connectivity index is 2.06. The van der Waals surface area contributed by atoms with Gasteiger partial charge in [0.2, 0.25) is 0 Å². The highest BCUT2D eigenvalue weighted by atomic mass is 32.1. The molecule has 0 aliphatic heterocycles. The first-order valence-corrected chi connectivity index (χ1v) is 6.97. The molecule has 19 heavy (non-hydrogen) atoms. The molecule has 2 heterocycles. The second-order valence-electron chi connectivity index (χ2n) is 3.57. The number of hydrazone groups is 1. The summed E-state index contributed by atoms with van der Waals surface area (Å²) >= 11 is 2.38. The van der Waals surface area contributed by atoms with Crippen LogP contribution in [-0.4, -0.2) is 17.6 Å². The largest absolute Gasteiger partial charge is 0.544 e. The van der Waals surface area contributed by atoms with Gasteiger partial charge in [0, 0.05) is 0 Å². The third-order valence-corrected chi connectivity index (χ3v) is 4.28. The Morgan fingerprint density at radius 3 is 2.53 bits per heavy atom. The molecule has 5 nitrogen and oxygen atoms in total. The number of carbonyl (C=O) groups excluding carboxylic acids is 2. The number of carboxylic acid groups (broad SMARTS) is 1. The van der Waals surface area contributed by atoms with Crippen molar-refractivity contribution in [3.05, 3.63) is 44.3 Å². The Bertz CT molecular complexity index is 629. The average molecular weight is 293 g/mol. The minimum atomic E-state index is -1.22. The summed E-state index contributed by atoms with van der Waals surface area (Å²) in [6.45, 7) is 1.69. The van der Waals surface area contributed by atoms with Crippen LogP contribution >= 0.6 is 22.7 Å². The Morgan fingerprint density at radius 1 is 1.21 bits per heavy atom. The lowest BCUT2D eigenvalue weighted by molar-refractivity contribution is -0.254. The molecule has 2 aromatic rings. The molecule has 0 unspecified atom stereocenters.